The van der Waals surface area contributed by atoms with Crippen molar-refractivity contribution in [1.29, 1.82) is 0 Å². The monoisotopic (exact) mass is 229 g/mol. The first kappa shape index (κ1) is 12.6. The van der Waals surface area contributed by atoms with Gasteiger partial charge in [-0.1, -0.05) is 12.1 Å². The Labute approximate surface area is 92.3 Å². The Hall–Kier alpha value is -1.49. The molecule has 3 nitrogen and oxygen atoms in total. The van der Waals surface area contributed by atoms with Gasteiger partial charge in [0.05, 0.1) is 6.54 Å². The summed E-state index contributed by atoms with van der Waals surface area (Å²) in [5, 5.41) is 8.59. The van der Waals surface area contributed by atoms with Gasteiger partial charge in [-0.3, -0.25) is 9.69 Å². The van der Waals surface area contributed by atoms with Gasteiger partial charge in [-0.25, -0.2) is 8.78 Å². The Morgan fingerprint density at radius 1 is 1.50 bits per heavy atom. The normalized spacial score (nSPS) is 12.8. The number of benzene rings is 1. The summed E-state index contributed by atoms with van der Waals surface area (Å²) in [5.41, 5.74) is 0.156. The molecule has 0 bridgehead atoms. The van der Waals surface area contributed by atoms with Gasteiger partial charge in [0.2, 0.25) is 0 Å². The summed E-state index contributed by atoms with van der Waals surface area (Å²) in [5.74, 6) is -2.86. The molecule has 0 heterocycles. The molecule has 88 valence electrons. The third-order valence-corrected chi connectivity index (χ3v) is 2.48. The quantitative estimate of drug-likeness (QED) is 0.858. The summed E-state index contributed by atoms with van der Waals surface area (Å²) < 4.78 is 26.4. The number of hydrogen-bond acceptors (Lipinski definition) is 2. The number of rotatable bonds is 4. The van der Waals surface area contributed by atoms with Crippen LogP contribution in [-0.2, 0) is 4.79 Å². The maximum absolute atomic E-state index is 13.4. The Morgan fingerprint density at radius 3 is 2.69 bits per heavy atom. The molecule has 5 heteroatoms. The van der Waals surface area contributed by atoms with Crippen molar-refractivity contribution < 1.29 is 18.7 Å². The lowest BCUT2D eigenvalue weighted by molar-refractivity contribution is -0.138. The molecule has 1 aromatic carbocycles. The fraction of sp³-hybridized carbons (Fsp3) is 0.364. The van der Waals surface area contributed by atoms with E-state index in [1.54, 1.807) is 14.0 Å². The Morgan fingerprint density at radius 2 is 2.12 bits per heavy atom. The van der Waals surface area contributed by atoms with E-state index in [-0.39, 0.29) is 12.1 Å². The number of hydrogen-bond donors (Lipinski definition) is 1. The standard InChI is InChI=1S/C11H13F2NO2/c1-7(14(2)6-10(15)16)8-4-3-5-9(12)11(8)13/h3-5,7H,6H2,1-2H3,(H,15,16). The van der Waals surface area contributed by atoms with Crippen molar-refractivity contribution >= 4 is 5.97 Å². The molecule has 0 aromatic heterocycles. The average molecular weight is 229 g/mol. The summed E-state index contributed by atoms with van der Waals surface area (Å²) in [6, 6.07) is 3.38. The molecule has 0 aliphatic carbocycles. The molecule has 1 rings (SSSR count). The molecule has 1 N–H and O–H groups in total. The first-order valence-electron chi connectivity index (χ1n) is 4.79. The van der Waals surface area contributed by atoms with E-state index in [4.69, 9.17) is 5.11 Å². The zero-order chi connectivity index (χ0) is 12.3. The van der Waals surface area contributed by atoms with Crippen LogP contribution in [-0.4, -0.2) is 29.6 Å². The van der Waals surface area contributed by atoms with E-state index >= 15 is 0 Å². The first-order chi connectivity index (χ1) is 7.43. The minimum atomic E-state index is -1.01. The van der Waals surface area contributed by atoms with Gasteiger partial charge in [-0.15, -0.1) is 0 Å². The SMILES string of the molecule is CC(c1cccc(F)c1F)N(C)CC(=O)O. The molecule has 1 atom stereocenters. The lowest BCUT2D eigenvalue weighted by Gasteiger charge is -2.23. The summed E-state index contributed by atoms with van der Waals surface area (Å²) in [6.45, 7) is 1.40. The van der Waals surface area contributed by atoms with E-state index in [0.717, 1.165) is 6.07 Å². The van der Waals surface area contributed by atoms with Crippen LogP contribution in [0.2, 0.25) is 0 Å². The molecular weight excluding hydrogens is 216 g/mol. The fourth-order valence-corrected chi connectivity index (χ4v) is 1.43. The molecule has 0 aliphatic rings. The van der Waals surface area contributed by atoms with E-state index in [2.05, 4.69) is 0 Å². The number of carbonyl (C=O) groups is 1. The predicted molar refractivity (Wildman–Crippen MR) is 55.0 cm³/mol. The molecule has 0 radical (unpaired) electrons. The number of nitrogens with zero attached hydrogens (tertiary/aromatic N) is 1. The van der Waals surface area contributed by atoms with E-state index in [9.17, 15) is 13.6 Å². The number of carboxylic acid groups (broad SMARTS) is 1. The van der Waals surface area contributed by atoms with Gasteiger partial charge in [0.1, 0.15) is 0 Å². The highest BCUT2D eigenvalue weighted by atomic mass is 19.2. The van der Waals surface area contributed by atoms with Crippen LogP contribution in [0.3, 0.4) is 0 Å². The van der Waals surface area contributed by atoms with Crippen LogP contribution < -0.4 is 0 Å². The Kier molecular flexibility index (Phi) is 3.95. The number of halogens is 2. The first-order valence-corrected chi connectivity index (χ1v) is 4.79. The largest absolute Gasteiger partial charge is 0.480 e. The van der Waals surface area contributed by atoms with Gasteiger partial charge >= 0.3 is 5.97 Å². The van der Waals surface area contributed by atoms with Crippen LogP contribution in [0.15, 0.2) is 18.2 Å². The highest BCUT2D eigenvalue weighted by Gasteiger charge is 2.19. The summed E-state index contributed by atoms with van der Waals surface area (Å²) in [4.78, 5) is 11.9. The van der Waals surface area contributed by atoms with Gasteiger partial charge in [0.25, 0.3) is 0 Å². The zero-order valence-electron chi connectivity index (χ0n) is 9.08. The van der Waals surface area contributed by atoms with Gasteiger partial charge in [-0.2, -0.15) is 0 Å². The second kappa shape index (κ2) is 5.03. The lowest BCUT2D eigenvalue weighted by Crippen LogP contribution is -2.29. The highest BCUT2D eigenvalue weighted by Crippen LogP contribution is 2.22. The second-order valence-corrected chi connectivity index (χ2v) is 3.63. The van der Waals surface area contributed by atoms with Gasteiger partial charge in [-0.05, 0) is 20.0 Å². The molecule has 0 saturated carbocycles. The van der Waals surface area contributed by atoms with E-state index in [0.29, 0.717) is 0 Å². The molecule has 1 unspecified atom stereocenters. The van der Waals surface area contributed by atoms with Crippen molar-refractivity contribution in [2.24, 2.45) is 0 Å². The molecule has 0 amide bonds. The smallest absolute Gasteiger partial charge is 0.317 e. The van der Waals surface area contributed by atoms with Crippen molar-refractivity contribution in [1.82, 2.24) is 4.90 Å². The Balaban J connectivity index is 2.91. The van der Waals surface area contributed by atoms with Crippen molar-refractivity contribution in [3.8, 4) is 0 Å². The Bertz CT molecular complexity index is 396. The van der Waals surface area contributed by atoms with Crippen LogP contribution in [0.5, 0.6) is 0 Å². The molecule has 0 fully saturated rings. The number of carboxylic acids is 1. The maximum atomic E-state index is 13.4. The molecular formula is C11H13F2NO2. The van der Waals surface area contributed by atoms with Gasteiger partial charge < -0.3 is 5.11 Å². The minimum Gasteiger partial charge on any atom is -0.480 e. The van der Waals surface area contributed by atoms with Crippen LogP contribution in [0.4, 0.5) is 8.78 Å². The average Bonchev–Trinajstić information content (AvgIpc) is 2.20. The topological polar surface area (TPSA) is 40.5 Å². The molecule has 0 saturated heterocycles. The minimum absolute atomic E-state index is 0.156. The van der Waals surface area contributed by atoms with Crippen molar-refractivity contribution in [3.63, 3.8) is 0 Å². The molecule has 0 aliphatic heterocycles. The van der Waals surface area contributed by atoms with Gasteiger partial charge in [0, 0.05) is 11.6 Å². The summed E-state index contributed by atoms with van der Waals surface area (Å²) >= 11 is 0. The third-order valence-electron chi connectivity index (χ3n) is 2.48. The van der Waals surface area contributed by atoms with Crippen molar-refractivity contribution in [3.05, 3.63) is 35.4 Å². The maximum Gasteiger partial charge on any atom is 0.317 e. The van der Waals surface area contributed by atoms with Crippen molar-refractivity contribution in [2.45, 2.75) is 13.0 Å². The van der Waals surface area contributed by atoms with E-state index in [1.807, 2.05) is 0 Å². The summed E-state index contributed by atoms with van der Waals surface area (Å²) in [6.07, 6.45) is 0. The third kappa shape index (κ3) is 2.76. The summed E-state index contributed by atoms with van der Waals surface area (Å²) in [7, 11) is 1.54. The van der Waals surface area contributed by atoms with E-state index in [1.165, 1.54) is 17.0 Å². The molecule has 0 spiro atoms. The molecule has 1 aromatic rings. The van der Waals surface area contributed by atoms with Crippen LogP contribution >= 0.6 is 0 Å². The van der Waals surface area contributed by atoms with Crippen LogP contribution in [0.1, 0.15) is 18.5 Å². The number of likely N-dealkylation sites (N-methyl/N-ethyl adjacent to an activating group) is 1. The molecule has 16 heavy (non-hydrogen) atoms. The predicted octanol–water partition coefficient (Wildman–Crippen LogP) is 2.04. The van der Waals surface area contributed by atoms with E-state index < -0.39 is 23.6 Å². The zero-order valence-corrected chi connectivity index (χ0v) is 9.08. The van der Waals surface area contributed by atoms with Crippen LogP contribution in [0, 0.1) is 11.6 Å². The lowest BCUT2D eigenvalue weighted by atomic mass is 10.1. The number of aliphatic carboxylic acids is 1. The second-order valence-electron chi connectivity index (χ2n) is 3.63. The van der Waals surface area contributed by atoms with Crippen LogP contribution in [0.25, 0.3) is 0 Å². The van der Waals surface area contributed by atoms with Crippen molar-refractivity contribution in [2.75, 3.05) is 13.6 Å². The highest BCUT2D eigenvalue weighted by molar-refractivity contribution is 5.69. The van der Waals surface area contributed by atoms with Gasteiger partial charge in [0.15, 0.2) is 11.6 Å². The fourth-order valence-electron chi connectivity index (χ4n) is 1.43.